The summed E-state index contributed by atoms with van der Waals surface area (Å²) in [6.45, 7) is 1.81. The first-order chi connectivity index (χ1) is 11.7. The summed E-state index contributed by atoms with van der Waals surface area (Å²) in [5.74, 6) is 1.46. The lowest BCUT2D eigenvalue weighted by Crippen LogP contribution is -2.22. The molecule has 126 valence electrons. The van der Waals surface area contributed by atoms with Crippen molar-refractivity contribution >= 4 is 34.0 Å². The van der Waals surface area contributed by atoms with Crippen LogP contribution >= 0.6 is 23.1 Å². The highest BCUT2D eigenvalue weighted by Gasteiger charge is 2.21. The molecule has 24 heavy (non-hydrogen) atoms. The minimum absolute atomic E-state index is 0.152. The molecular weight excluding hydrogens is 342 g/mol. The Morgan fingerprint density at radius 3 is 3.12 bits per heavy atom. The topological polar surface area (TPSA) is 94.5 Å². The zero-order valence-corrected chi connectivity index (χ0v) is 15.0. The molecule has 0 aliphatic heterocycles. The Morgan fingerprint density at radius 2 is 2.38 bits per heavy atom. The van der Waals surface area contributed by atoms with E-state index in [1.54, 1.807) is 11.4 Å². The molecule has 0 unspecified atom stereocenters. The zero-order valence-electron chi connectivity index (χ0n) is 13.4. The average Bonchev–Trinajstić information content (AvgIpc) is 3.30. The van der Waals surface area contributed by atoms with Crippen molar-refractivity contribution in [2.24, 2.45) is 5.92 Å². The fraction of sp³-hybridized carbons (Fsp3) is 0.500. The Bertz CT molecular complexity index is 742. The predicted molar refractivity (Wildman–Crippen MR) is 95.0 cm³/mol. The molecule has 1 aliphatic rings. The number of hydrogen-bond acceptors (Lipinski definition) is 6. The summed E-state index contributed by atoms with van der Waals surface area (Å²) in [6.07, 6.45) is 6.10. The Hall–Kier alpha value is -1.85. The number of H-pyrrole nitrogens is 1. The lowest BCUT2D eigenvalue weighted by molar-refractivity contribution is -0.115. The van der Waals surface area contributed by atoms with Gasteiger partial charge in [0.2, 0.25) is 11.1 Å². The van der Waals surface area contributed by atoms with E-state index in [1.165, 1.54) is 48.8 Å². The van der Waals surface area contributed by atoms with Crippen molar-refractivity contribution in [2.75, 3.05) is 5.32 Å². The van der Waals surface area contributed by atoms with Crippen molar-refractivity contribution < 1.29 is 4.79 Å². The number of anilines is 1. The Balaban J connectivity index is 1.54. The maximum absolute atomic E-state index is 12.3. The summed E-state index contributed by atoms with van der Waals surface area (Å²) in [4.78, 5) is 16.8. The molecule has 2 N–H and O–H groups in total. The van der Waals surface area contributed by atoms with E-state index in [1.807, 2.05) is 6.92 Å². The number of amides is 1. The largest absolute Gasteiger partial charge is 0.316 e. The van der Waals surface area contributed by atoms with Gasteiger partial charge in [-0.05, 0) is 24.3 Å². The fourth-order valence-electron chi connectivity index (χ4n) is 2.83. The molecule has 0 aromatic carbocycles. The summed E-state index contributed by atoms with van der Waals surface area (Å²) in [6, 6.07) is 3.76. The number of carbonyl (C=O) groups is 1. The van der Waals surface area contributed by atoms with E-state index < -0.39 is 0 Å². The first-order valence-electron chi connectivity index (χ1n) is 8.02. The van der Waals surface area contributed by atoms with Gasteiger partial charge in [-0.15, -0.1) is 16.4 Å². The first kappa shape index (κ1) is 17.0. The van der Waals surface area contributed by atoms with Gasteiger partial charge in [0, 0.05) is 6.42 Å². The molecule has 0 saturated heterocycles. The lowest BCUT2D eigenvalue weighted by atomic mass is 10.0. The third kappa shape index (κ3) is 4.16. The van der Waals surface area contributed by atoms with Gasteiger partial charge < -0.3 is 5.32 Å². The molecule has 2 aromatic rings. The van der Waals surface area contributed by atoms with Gasteiger partial charge in [0.15, 0.2) is 0 Å². The minimum Gasteiger partial charge on any atom is -0.316 e. The van der Waals surface area contributed by atoms with Crippen molar-refractivity contribution in [1.29, 1.82) is 5.26 Å². The minimum atomic E-state index is -0.339. The van der Waals surface area contributed by atoms with Crippen LogP contribution in [0.3, 0.4) is 0 Å². The van der Waals surface area contributed by atoms with Gasteiger partial charge in [0.25, 0.3) is 0 Å². The van der Waals surface area contributed by atoms with E-state index in [9.17, 15) is 4.79 Å². The molecule has 0 spiro atoms. The van der Waals surface area contributed by atoms with Gasteiger partial charge in [0.05, 0.1) is 10.8 Å². The fourth-order valence-corrected chi connectivity index (χ4v) is 4.31. The number of thiophene rings is 1. The molecule has 0 bridgehead atoms. The molecular formula is C16H19N5OS2. The van der Waals surface area contributed by atoms with Gasteiger partial charge in [-0.3, -0.25) is 9.89 Å². The lowest BCUT2D eigenvalue weighted by Gasteiger charge is -2.08. The van der Waals surface area contributed by atoms with Crippen molar-refractivity contribution in [3.63, 3.8) is 0 Å². The number of thioether (sulfide) groups is 1. The van der Waals surface area contributed by atoms with Crippen LogP contribution in [0.2, 0.25) is 0 Å². The number of nitrogens with one attached hydrogen (secondary N) is 2. The van der Waals surface area contributed by atoms with Crippen LogP contribution in [0.15, 0.2) is 16.6 Å². The number of hydrogen-bond donors (Lipinski definition) is 2. The van der Waals surface area contributed by atoms with Gasteiger partial charge in [0.1, 0.15) is 16.9 Å². The van der Waals surface area contributed by atoms with Crippen molar-refractivity contribution in [1.82, 2.24) is 15.2 Å². The molecule has 1 fully saturated rings. The molecule has 2 heterocycles. The number of aromatic nitrogens is 3. The van der Waals surface area contributed by atoms with Crippen molar-refractivity contribution in [3.8, 4) is 6.07 Å². The summed E-state index contributed by atoms with van der Waals surface area (Å²) < 4.78 is 0. The highest BCUT2D eigenvalue weighted by Crippen LogP contribution is 2.28. The maximum Gasteiger partial charge on any atom is 0.238 e. The highest BCUT2D eigenvalue weighted by atomic mass is 32.2. The maximum atomic E-state index is 12.3. The number of rotatable bonds is 6. The summed E-state index contributed by atoms with van der Waals surface area (Å²) in [5.41, 5.74) is 0.488. The molecule has 0 radical (unpaired) electrons. The molecule has 1 amide bonds. The second-order valence-electron chi connectivity index (χ2n) is 5.94. The smallest absolute Gasteiger partial charge is 0.238 e. The summed E-state index contributed by atoms with van der Waals surface area (Å²) >= 11 is 2.67. The predicted octanol–water partition coefficient (Wildman–Crippen LogP) is 3.59. The third-order valence-corrected chi connectivity index (χ3v) is 5.93. The van der Waals surface area contributed by atoms with Crippen LogP contribution in [0.4, 0.5) is 5.00 Å². The van der Waals surface area contributed by atoms with Crippen LogP contribution in [0.25, 0.3) is 0 Å². The SMILES string of the molecule is C[C@H](Sc1n[nH]c(CC2CCCC2)n1)C(=O)Nc1sccc1C#N. The molecule has 6 nitrogen and oxygen atoms in total. The van der Waals surface area contributed by atoms with E-state index in [4.69, 9.17) is 5.26 Å². The molecule has 2 aromatic heterocycles. The Labute approximate surface area is 149 Å². The quantitative estimate of drug-likeness (QED) is 0.767. The van der Waals surface area contributed by atoms with Crippen LogP contribution < -0.4 is 5.32 Å². The van der Waals surface area contributed by atoms with Gasteiger partial charge in [-0.1, -0.05) is 37.4 Å². The standard InChI is InChI=1S/C16H19N5OS2/c1-10(14(22)19-15-12(9-17)6-7-23-15)24-16-18-13(20-21-16)8-11-4-2-3-5-11/h6-7,10-11H,2-5,8H2,1H3,(H,19,22)(H,18,20,21)/t10-/m0/s1. The van der Waals surface area contributed by atoms with Gasteiger partial charge in [-0.25, -0.2) is 4.98 Å². The van der Waals surface area contributed by atoms with E-state index in [2.05, 4.69) is 26.6 Å². The van der Waals surface area contributed by atoms with Crippen molar-refractivity contribution in [3.05, 3.63) is 22.8 Å². The van der Waals surface area contributed by atoms with Crippen molar-refractivity contribution in [2.45, 2.75) is 49.4 Å². The monoisotopic (exact) mass is 361 g/mol. The van der Waals surface area contributed by atoms with Crippen LogP contribution in [-0.4, -0.2) is 26.3 Å². The average molecular weight is 361 g/mol. The van der Waals surface area contributed by atoms with Crippen LogP contribution in [0.1, 0.15) is 44.0 Å². The molecule has 1 saturated carbocycles. The molecule has 3 rings (SSSR count). The van der Waals surface area contributed by atoms with Crippen LogP contribution in [-0.2, 0) is 11.2 Å². The van der Waals surface area contributed by atoms with E-state index in [0.29, 0.717) is 21.6 Å². The molecule has 8 heteroatoms. The van der Waals surface area contributed by atoms with E-state index >= 15 is 0 Å². The van der Waals surface area contributed by atoms with Crippen LogP contribution in [0.5, 0.6) is 0 Å². The second-order valence-corrected chi connectivity index (χ2v) is 8.17. The highest BCUT2D eigenvalue weighted by molar-refractivity contribution is 8.00. The number of aromatic amines is 1. The molecule has 1 atom stereocenters. The zero-order chi connectivity index (χ0) is 16.9. The first-order valence-corrected chi connectivity index (χ1v) is 9.78. The van der Waals surface area contributed by atoms with Crippen LogP contribution in [0, 0.1) is 17.2 Å². The summed E-state index contributed by atoms with van der Waals surface area (Å²) in [5, 5.41) is 21.6. The second kappa shape index (κ2) is 7.81. The van der Waals surface area contributed by atoms with Gasteiger partial charge in [-0.2, -0.15) is 5.26 Å². The van der Waals surface area contributed by atoms with E-state index in [0.717, 1.165) is 12.2 Å². The number of nitrogens with zero attached hydrogens (tertiary/aromatic N) is 3. The Kier molecular flexibility index (Phi) is 5.53. The summed E-state index contributed by atoms with van der Waals surface area (Å²) in [7, 11) is 0. The normalized spacial score (nSPS) is 16.0. The number of nitriles is 1. The number of carbonyl (C=O) groups excluding carboxylic acids is 1. The Morgan fingerprint density at radius 1 is 1.58 bits per heavy atom. The third-order valence-electron chi connectivity index (χ3n) is 4.14. The van der Waals surface area contributed by atoms with E-state index in [-0.39, 0.29) is 11.2 Å². The molecule has 1 aliphatic carbocycles. The van der Waals surface area contributed by atoms with Gasteiger partial charge >= 0.3 is 0 Å².